The maximum atomic E-state index is 13.5. The summed E-state index contributed by atoms with van der Waals surface area (Å²) >= 11 is 5.81. The summed E-state index contributed by atoms with van der Waals surface area (Å²) in [7, 11) is 4.03. The summed E-state index contributed by atoms with van der Waals surface area (Å²) in [6, 6.07) is 17.0. The molecule has 162 valence electrons. The van der Waals surface area contributed by atoms with Crippen LogP contribution in [0.4, 0.5) is 4.39 Å². The van der Waals surface area contributed by atoms with Gasteiger partial charge in [0, 0.05) is 18.8 Å². The number of halogens is 1. The quantitative estimate of drug-likeness (QED) is 0.513. The molecular weight excluding hydrogens is 409 g/mol. The number of aromatic nitrogens is 3. The van der Waals surface area contributed by atoms with E-state index in [4.69, 9.17) is 17.3 Å². The average molecular weight is 438 g/mol. The van der Waals surface area contributed by atoms with Crippen molar-refractivity contribution in [3.8, 4) is 5.69 Å². The van der Waals surface area contributed by atoms with Crippen molar-refractivity contribution in [3.05, 3.63) is 82.6 Å². The summed E-state index contributed by atoms with van der Waals surface area (Å²) in [5.41, 5.74) is 3.51. The Morgan fingerprint density at radius 1 is 1.10 bits per heavy atom. The Balaban J connectivity index is 1.61. The fourth-order valence-electron chi connectivity index (χ4n) is 3.79. The molecule has 1 unspecified atom stereocenters. The van der Waals surface area contributed by atoms with E-state index in [0.717, 1.165) is 31.0 Å². The minimum absolute atomic E-state index is 0.0546. The molecule has 0 saturated carbocycles. The first kappa shape index (κ1) is 21.6. The molecule has 0 aliphatic carbocycles. The van der Waals surface area contributed by atoms with Crippen LogP contribution in [0.15, 0.2) is 60.7 Å². The van der Waals surface area contributed by atoms with Gasteiger partial charge in [0.25, 0.3) is 0 Å². The molecule has 0 radical (unpaired) electrons. The van der Waals surface area contributed by atoms with Gasteiger partial charge in [0.2, 0.25) is 4.77 Å². The molecule has 0 amide bonds. The zero-order valence-electron chi connectivity index (χ0n) is 18.2. The lowest BCUT2D eigenvalue weighted by molar-refractivity contribution is 0.224. The van der Waals surface area contributed by atoms with Gasteiger partial charge in [-0.05, 0) is 75.1 Å². The molecule has 2 heterocycles. The molecule has 2 aromatic carbocycles. The molecule has 1 aromatic heterocycles. The highest BCUT2D eigenvalue weighted by Gasteiger charge is 2.21. The number of hydrogen-bond acceptors (Lipinski definition) is 4. The second kappa shape index (κ2) is 9.26. The van der Waals surface area contributed by atoms with E-state index in [9.17, 15) is 4.39 Å². The smallest absolute Gasteiger partial charge is 0.203 e. The minimum Gasteiger partial charge on any atom is -0.300 e. The first-order valence-electron chi connectivity index (χ1n) is 10.5. The van der Waals surface area contributed by atoms with Gasteiger partial charge in [-0.3, -0.25) is 14.4 Å². The summed E-state index contributed by atoms with van der Waals surface area (Å²) in [4.78, 5) is 4.44. The summed E-state index contributed by atoms with van der Waals surface area (Å²) in [6.45, 7) is 4.52. The molecule has 4 rings (SSSR count). The average Bonchev–Trinajstić information content (AvgIpc) is 3.10. The molecule has 31 heavy (non-hydrogen) atoms. The topological polar surface area (TPSA) is 29.2 Å². The predicted molar refractivity (Wildman–Crippen MR) is 125 cm³/mol. The van der Waals surface area contributed by atoms with E-state index in [0.29, 0.717) is 11.4 Å². The van der Waals surface area contributed by atoms with Gasteiger partial charge in [0.1, 0.15) is 5.82 Å². The summed E-state index contributed by atoms with van der Waals surface area (Å²) in [5, 5.41) is 4.88. The van der Waals surface area contributed by atoms with Crippen LogP contribution in [-0.2, 0) is 6.67 Å². The highest BCUT2D eigenvalue weighted by Crippen LogP contribution is 2.24. The van der Waals surface area contributed by atoms with Crippen molar-refractivity contribution in [2.75, 3.05) is 27.2 Å². The van der Waals surface area contributed by atoms with Crippen LogP contribution in [0.1, 0.15) is 30.8 Å². The molecule has 1 atom stereocenters. The maximum Gasteiger partial charge on any atom is 0.203 e. The summed E-state index contributed by atoms with van der Waals surface area (Å²) in [5.74, 6) is 0.582. The second-order valence-electron chi connectivity index (χ2n) is 8.16. The lowest BCUT2D eigenvalue weighted by atomic mass is 10.00. The third-order valence-electron chi connectivity index (χ3n) is 5.87. The zero-order chi connectivity index (χ0) is 22.0. The Bertz CT molecular complexity index is 1120. The highest BCUT2D eigenvalue weighted by molar-refractivity contribution is 7.71. The molecule has 0 saturated heterocycles. The third kappa shape index (κ3) is 4.69. The van der Waals surface area contributed by atoms with Gasteiger partial charge in [-0.15, -0.1) is 0 Å². The second-order valence-corrected chi connectivity index (χ2v) is 8.52. The van der Waals surface area contributed by atoms with Crippen molar-refractivity contribution in [3.63, 3.8) is 0 Å². The van der Waals surface area contributed by atoms with E-state index in [1.54, 1.807) is 12.1 Å². The van der Waals surface area contributed by atoms with Crippen LogP contribution in [0.25, 0.3) is 11.3 Å². The van der Waals surface area contributed by atoms with Crippen LogP contribution < -0.4 is 0 Å². The van der Waals surface area contributed by atoms with E-state index < -0.39 is 0 Å². The first-order valence-corrected chi connectivity index (χ1v) is 10.9. The predicted octanol–water partition coefficient (Wildman–Crippen LogP) is 4.91. The Labute approximate surface area is 188 Å². The molecule has 0 spiro atoms. The van der Waals surface area contributed by atoms with E-state index in [2.05, 4.69) is 47.1 Å². The zero-order valence-corrected chi connectivity index (χ0v) is 19.0. The third-order valence-corrected chi connectivity index (χ3v) is 6.26. The van der Waals surface area contributed by atoms with Crippen molar-refractivity contribution in [2.45, 2.75) is 26.1 Å². The molecular formula is C24H28FN5S. The van der Waals surface area contributed by atoms with Crippen LogP contribution in [0.5, 0.6) is 0 Å². The highest BCUT2D eigenvalue weighted by atomic mass is 32.1. The van der Waals surface area contributed by atoms with E-state index in [-0.39, 0.29) is 11.9 Å². The fraction of sp³-hybridized carbons (Fsp3) is 0.333. The van der Waals surface area contributed by atoms with Crippen LogP contribution >= 0.6 is 12.2 Å². The standard InChI is InChI=1S/C24H28FN5S/c1-18(27(2)3)23-26-29(24(31)30(23)22-11-9-21(25)10-12-22)17-28-15-13-20(14-16-28)19-7-5-4-6-8-19/h4-13,18H,14-17H2,1-3H3. The molecule has 1 aliphatic heterocycles. The Morgan fingerprint density at radius 2 is 1.81 bits per heavy atom. The largest absolute Gasteiger partial charge is 0.300 e. The van der Waals surface area contributed by atoms with Crippen molar-refractivity contribution in [1.82, 2.24) is 24.1 Å². The molecule has 7 heteroatoms. The van der Waals surface area contributed by atoms with E-state index in [1.165, 1.54) is 23.3 Å². The van der Waals surface area contributed by atoms with Crippen LogP contribution in [-0.4, -0.2) is 51.3 Å². The lowest BCUT2D eigenvalue weighted by Crippen LogP contribution is -2.31. The summed E-state index contributed by atoms with van der Waals surface area (Å²) in [6.07, 6.45) is 3.29. The normalized spacial score (nSPS) is 15.8. The monoisotopic (exact) mass is 437 g/mol. The molecule has 5 nitrogen and oxygen atoms in total. The Hall–Kier alpha value is -2.61. The molecule has 0 bridgehead atoms. The molecule has 1 aliphatic rings. The van der Waals surface area contributed by atoms with Crippen molar-refractivity contribution >= 4 is 17.8 Å². The molecule has 3 aromatic rings. The van der Waals surface area contributed by atoms with Gasteiger partial charge in [-0.2, -0.15) is 5.10 Å². The van der Waals surface area contributed by atoms with Gasteiger partial charge in [-0.1, -0.05) is 36.4 Å². The fourth-order valence-corrected chi connectivity index (χ4v) is 4.09. The SMILES string of the molecule is CC(c1nn(CN2CC=C(c3ccccc3)CC2)c(=S)n1-c1ccc(F)cc1)N(C)C. The number of hydrogen-bond donors (Lipinski definition) is 0. The van der Waals surface area contributed by atoms with Crippen LogP contribution in [0.3, 0.4) is 0 Å². The number of nitrogens with zero attached hydrogens (tertiary/aromatic N) is 5. The Kier molecular flexibility index (Phi) is 6.46. The van der Waals surface area contributed by atoms with E-state index >= 15 is 0 Å². The van der Waals surface area contributed by atoms with Crippen LogP contribution in [0, 0.1) is 10.6 Å². The van der Waals surface area contributed by atoms with Crippen molar-refractivity contribution < 1.29 is 4.39 Å². The van der Waals surface area contributed by atoms with Gasteiger partial charge < -0.3 is 0 Å². The Morgan fingerprint density at radius 3 is 2.42 bits per heavy atom. The van der Waals surface area contributed by atoms with Gasteiger partial charge >= 0.3 is 0 Å². The lowest BCUT2D eigenvalue weighted by Gasteiger charge is -2.26. The molecule has 0 fully saturated rings. The number of rotatable bonds is 6. The molecule has 0 N–H and O–H groups in total. The number of benzene rings is 2. The van der Waals surface area contributed by atoms with Crippen molar-refractivity contribution in [2.24, 2.45) is 0 Å². The van der Waals surface area contributed by atoms with Gasteiger partial charge in [0.05, 0.1) is 12.7 Å². The minimum atomic E-state index is -0.265. The van der Waals surface area contributed by atoms with Crippen molar-refractivity contribution in [1.29, 1.82) is 0 Å². The van der Waals surface area contributed by atoms with Gasteiger partial charge in [0.15, 0.2) is 5.82 Å². The van der Waals surface area contributed by atoms with Gasteiger partial charge in [-0.25, -0.2) is 9.07 Å². The summed E-state index contributed by atoms with van der Waals surface area (Å²) < 4.78 is 17.9. The maximum absolute atomic E-state index is 13.5. The first-order chi connectivity index (χ1) is 14.9. The van der Waals surface area contributed by atoms with E-state index in [1.807, 2.05) is 29.4 Å². The van der Waals surface area contributed by atoms with Crippen LogP contribution in [0.2, 0.25) is 0 Å².